The van der Waals surface area contributed by atoms with E-state index in [9.17, 15) is 19.2 Å². The van der Waals surface area contributed by atoms with Crippen LogP contribution in [0, 0.1) is 0 Å². The molecule has 0 radical (unpaired) electrons. The first-order valence-corrected chi connectivity index (χ1v) is 8.74. The summed E-state index contributed by atoms with van der Waals surface area (Å²) in [4.78, 5) is 50.7. The highest BCUT2D eigenvalue weighted by Gasteiger charge is 2.44. The highest BCUT2D eigenvalue weighted by atomic mass is 16.5. The molecule has 8 heteroatoms. The Morgan fingerprint density at radius 3 is 2.32 bits per heavy atom. The number of amides is 4. The zero-order valence-electron chi connectivity index (χ0n) is 15.3. The molecular formula is C17H27N3O5. The van der Waals surface area contributed by atoms with Crippen molar-refractivity contribution >= 4 is 23.8 Å². The molecule has 2 aliphatic heterocycles. The summed E-state index contributed by atoms with van der Waals surface area (Å²) >= 11 is 0. The van der Waals surface area contributed by atoms with Gasteiger partial charge in [0, 0.05) is 18.6 Å². The van der Waals surface area contributed by atoms with Crippen LogP contribution in [0.4, 0.5) is 4.79 Å². The van der Waals surface area contributed by atoms with Gasteiger partial charge >= 0.3 is 12.0 Å². The first-order chi connectivity index (χ1) is 11.6. The maximum absolute atomic E-state index is 12.3. The molecule has 2 unspecified atom stereocenters. The summed E-state index contributed by atoms with van der Waals surface area (Å²) in [7, 11) is 0. The molecule has 0 aromatic heterocycles. The summed E-state index contributed by atoms with van der Waals surface area (Å²) < 4.78 is 5.04. The van der Waals surface area contributed by atoms with E-state index in [-0.39, 0.29) is 43.5 Å². The van der Waals surface area contributed by atoms with Crippen molar-refractivity contribution < 1.29 is 23.9 Å². The van der Waals surface area contributed by atoms with Gasteiger partial charge in [-0.05, 0) is 47.0 Å². The topological polar surface area (TPSA) is 96.0 Å². The molecule has 0 saturated carbocycles. The van der Waals surface area contributed by atoms with Gasteiger partial charge in [-0.1, -0.05) is 0 Å². The van der Waals surface area contributed by atoms with Crippen LogP contribution >= 0.6 is 0 Å². The Bertz CT molecular complexity index is 565. The minimum absolute atomic E-state index is 0.0579. The van der Waals surface area contributed by atoms with Crippen molar-refractivity contribution in [3.63, 3.8) is 0 Å². The molecule has 0 bridgehead atoms. The summed E-state index contributed by atoms with van der Waals surface area (Å²) in [6.45, 7) is 6.83. The molecule has 0 aromatic carbocycles. The number of ether oxygens (including phenoxy) is 1. The summed E-state index contributed by atoms with van der Waals surface area (Å²) in [5, 5.41) is 2.54. The van der Waals surface area contributed by atoms with Crippen LogP contribution in [0.25, 0.3) is 0 Å². The summed E-state index contributed by atoms with van der Waals surface area (Å²) in [6.07, 6.45) is 2.86. The zero-order chi connectivity index (χ0) is 18.8. The van der Waals surface area contributed by atoms with Crippen LogP contribution in [0.3, 0.4) is 0 Å². The van der Waals surface area contributed by atoms with Crippen LogP contribution < -0.4 is 5.32 Å². The standard InChI is InChI=1S/C17H27N3O5/c1-11-6-5-7-12(2)20(11)13(21)10-25-14(22)8-9-19-15(23)17(3,4)18-16(19)24/h11-12H,5-10H2,1-4H3,(H,18,24). The molecule has 0 aliphatic carbocycles. The van der Waals surface area contributed by atoms with Crippen molar-refractivity contribution in [3.8, 4) is 0 Å². The van der Waals surface area contributed by atoms with E-state index in [1.165, 1.54) is 0 Å². The van der Waals surface area contributed by atoms with Gasteiger partial charge in [-0.3, -0.25) is 19.3 Å². The van der Waals surface area contributed by atoms with Crippen LogP contribution in [0.15, 0.2) is 0 Å². The SMILES string of the molecule is CC1CCCC(C)N1C(=O)COC(=O)CCN1C(=O)NC(C)(C)C1=O. The van der Waals surface area contributed by atoms with Gasteiger partial charge in [-0.25, -0.2) is 4.79 Å². The van der Waals surface area contributed by atoms with Crippen LogP contribution in [0.2, 0.25) is 0 Å². The molecule has 4 amide bonds. The molecule has 0 spiro atoms. The zero-order valence-corrected chi connectivity index (χ0v) is 15.3. The van der Waals surface area contributed by atoms with Gasteiger partial charge in [-0.2, -0.15) is 0 Å². The molecule has 25 heavy (non-hydrogen) atoms. The first-order valence-electron chi connectivity index (χ1n) is 8.74. The minimum atomic E-state index is -0.961. The number of piperidine rings is 1. The summed E-state index contributed by atoms with van der Waals surface area (Å²) in [5.41, 5.74) is -0.961. The molecule has 2 fully saturated rings. The van der Waals surface area contributed by atoms with Crippen molar-refractivity contribution in [1.29, 1.82) is 0 Å². The van der Waals surface area contributed by atoms with E-state index in [2.05, 4.69) is 5.32 Å². The highest BCUT2D eigenvalue weighted by Crippen LogP contribution is 2.22. The monoisotopic (exact) mass is 353 g/mol. The Balaban J connectivity index is 1.78. The smallest absolute Gasteiger partial charge is 0.325 e. The fourth-order valence-electron chi connectivity index (χ4n) is 3.43. The molecule has 0 aromatic rings. The highest BCUT2D eigenvalue weighted by molar-refractivity contribution is 6.06. The summed E-state index contributed by atoms with van der Waals surface area (Å²) in [6, 6.07) is -0.235. The molecule has 1 N–H and O–H groups in total. The number of urea groups is 1. The van der Waals surface area contributed by atoms with Gasteiger partial charge < -0.3 is 15.0 Å². The fourth-order valence-corrected chi connectivity index (χ4v) is 3.43. The predicted octanol–water partition coefficient (Wildman–Crippen LogP) is 1.04. The van der Waals surface area contributed by atoms with E-state index >= 15 is 0 Å². The van der Waals surface area contributed by atoms with E-state index in [1.807, 2.05) is 13.8 Å². The number of rotatable bonds is 5. The largest absolute Gasteiger partial charge is 0.456 e. The molecule has 140 valence electrons. The van der Waals surface area contributed by atoms with E-state index in [0.717, 1.165) is 24.2 Å². The number of hydrogen-bond acceptors (Lipinski definition) is 5. The van der Waals surface area contributed by atoms with Crippen molar-refractivity contribution in [3.05, 3.63) is 0 Å². The second kappa shape index (κ2) is 7.41. The van der Waals surface area contributed by atoms with Crippen molar-refractivity contribution in [2.24, 2.45) is 0 Å². The lowest BCUT2D eigenvalue weighted by Crippen LogP contribution is -2.49. The lowest BCUT2D eigenvalue weighted by molar-refractivity contribution is -0.155. The second-order valence-corrected chi connectivity index (χ2v) is 7.35. The molecule has 8 nitrogen and oxygen atoms in total. The van der Waals surface area contributed by atoms with Crippen LogP contribution in [0.5, 0.6) is 0 Å². The van der Waals surface area contributed by atoms with Gasteiger partial charge in [0.1, 0.15) is 5.54 Å². The molecule has 2 atom stereocenters. The predicted molar refractivity (Wildman–Crippen MR) is 89.5 cm³/mol. The van der Waals surface area contributed by atoms with Gasteiger partial charge in [0.25, 0.3) is 11.8 Å². The third kappa shape index (κ3) is 4.29. The Morgan fingerprint density at radius 2 is 1.80 bits per heavy atom. The van der Waals surface area contributed by atoms with E-state index in [0.29, 0.717) is 0 Å². The lowest BCUT2D eigenvalue weighted by Gasteiger charge is -2.38. The number of carbonyl (C=O) groups excluding carboxylic acids is 4. The second-order valence-electron chi connectivity index (χ2n) is 7.35. The van der Waals surface area contributed by atoms with Crippen LogP contribution in [-0.4, -0.2) is 64.4 Å². The van der Waals surface area contributed by atoms with Gasteiger partial charge in [0.05, 0.1) is 6.42 Å². The van der Waals surface area contributed by atoms with E-state index in [4.69, 9.17) is 4.74 Å². The number of esters is 1. The number of imide groups is 1. The normalized spacial score (nSPS) is 25.8. The van der Waals surface area contributed by atoms with Crippen LogP contribution in [-0.2, 0) is 19.1 Å². The van der Waals surface area contributed by atoms with Crippen LogP contribution in [0.1, 0.15) is 53.4 Å². The van der Waals surface area contributed by atoms with Gasteiger partial charge in [0.2, 0.25) is 0 Å². The Labute approximate surface area is 147 Å². The molecule has 2 heterocycles. The number of likely N-dealkylation sites (tertiary alicyclic amines) is 1. The Hall–Kier alpha value is -2.12. The number of hydrogen-bond donors (Lipinski definition) is 1. The van der Waals surface area contributed by atoms with Gasteiger partial charge in [-0.15, -0.1) is 0 Å². The van der Waals surface area contributed by atoms with E-state index < -0.39 is 17.5 Å². The molecular weight excluding hydrogens is 326 g/mol. The maximum Gasteiger partial charge on any atom is 0.325 e. The quantitative estimate of drug-likeness (QED) is 0.588. The molecule has 2 rings (SSSR count). The number of carbonyl (C=O) groups is 4. The Kier molecular flexibility index (Phi) is 5.69. The Morgan fingerprint density at radius 1 is 1.20 bits per heavy atom. The van der Waals surface area contributed by atoms with E-state index in [1.54, 1.807) is 18.7 Å². The third-order valence-electron chi connectivity index (χ3n) is 4.82. The molecule has 2 saturated heterocycles. The average Bonchev–Trinajstić information content (AvgIpc) is 2.71. The third-order valence-corrected chi connectivity index (χ3v) is 4.82. The number of nitrogens with one attached hydrogen (secondary N) is 1. The average molecular weight is 353 g/mol. The fraction of sp³-hybridized carbons (Fsp3) is 0.765. The van der Waals surface area contributed by atoms with Gasteiger partial charge in [0.15, 0.2) is 6.61 Å². The molecule has 2 aliphatic rings. The first kappa shape index (κ1) is 19.2. The number of nitrogens with zero attached hydrogens (tertiary/aromatic N) is 2. The van der Waals surface area contributed by atoms with Crippen molar-refractivity contribution in [2.75, 3.05) is 13.2 Å². The maximum atomic E-state index is 12.3. The minimum Gasteiger partial charge on any atom is -0.456 e. The van der Waals surface area contributed by atoms with Crippen molar-refractivity contribution in [2.45, 2.75) is 71.0 Å². The van der Waals surface area contributed by atoms with Crippen molar-refractivity contribution in [1.82, 2.24) is 15.1 Å². The summed E-state index contributed by atoms with van der Waals surface area (Å²) in [5.74, 6) is -1.18. The lowest BCUT2D eigenvalue weighted by atomic mass is 9.97.